The van der Waals surface area contributed by atoms with Crippen molar-refractivity contribution in [2.45, 2.75) is 181 Å². The summed E-state index contributed by atoms with van der Waals surface area (Å²) in [6.45, 7) is 27.1. The molecule has 0 saturated carbocycles. The number of rotatable bonds is 14. The molecule has 3 rings (SSSR count). The first kappa shape index (κ1) is 33.6. The van der Waals surface area contributed by atoms with Gasteiger partial charge in [-0.15, -0.1) is 0 Å². The third kappa shape index (κ3) is 8.59. The van der Waals surface area contributed by atoms with Gasteiger partial charge in [0.1, 0.15) is 0 Å². The van der Waals surface area contributed by atoms with Crippen molar-refractivity contribution < 1.29 is 0 Å². The van der Waals surface area contributed by atoms with E-state index in [2.05, 4.69) is 103 Å². The van der Waals surface area contributed by atoms with Gasteiger partial charge < -0.3 is 0 Å². The zero-order valence-corrected chi connectivity index (χ0v) is 28.6. The first-order valence-corrected chi connectivity index (χ1v) is 17.5. The average molecular weight is 553 g/mol. The molecule has 2 aliphatic heterocycles. The summed E-state index contributed by atoms with van der Waals surface area (Å²) in [4.78, 5) is 5.78. The minimum absolute atomic E-state index is 0.265. The van der Waals surface area contributed by atoms with E-state index in [4.69, 9.17) is 0 Å². The molecular formula is C38H68N2. The van der Waals surface area contributed by atoms with Gasteiger partial charge >= 0.3 is 0 Å². The number of piperidine rings is 2. The lowest BCUT2D eigenvalue weighted by atomic mass is 9.71. The summed E-state index contributed by atoms with van der Waals surface area (Å²) in [6, 6.07) is 11.5. The molecule has 230 valence electrons. The number of likely N-dealkylation sites (tertiary alicyclic amines) is 2. The van der Waals surface area contributed by atoms with Crippen molar-refractivity contribution in [2.24, 2.45) is 11.8 Å². The Labute approximate surface area is 251 Å². The second-order valence-electron chi connectivity index (χ2n) is 15.7. The van der Waals surface area contributed by atoms with Gasteiger partial charge in [0.25, 0.3) is 0 Å². The van der Waals surface area contributed by atoms with E-state index >= 15 is 0 Å². The smallest absolute Gasteiger partial charge is 0.0162 e. The molecule has 0 spiro atoms. The van der Waals surface area contributed by atoms with Gasteiger partial charge in [-0.25, -0.2) is 0 Å². The van der Waals surface area contributed by atoms with Crippen LogP contribution in [0.4, 0.5) is 0 Å². The van der Waals surface area contributed by atoms with E-state index in [1.165, 1.54) is 90.1 Å². The Morgan fingerprint density at radius 2 is 0.950 bits per heavy atom. The van der Waals surface area contributed by atoms with Crippen molar-refractivity contribution in [1.82, 2.24) is 9.80 Å². The van der Waals surface area contributed by atoms with Gasteiger partial charge in [0.15, 0.2) is 0 Å². The highest BCUT2D eigenvalue weighted by Gasteiger charge is 2.43. The fourth-order valence-electron chi connectivity index (χ4n) is 8.51. The largest absolute Gasteiger partial charge is 0.295 e. The average Bonchev–Trinajstić information content (AvgIpc) is 2.89. The van der Waals surface area contributed by atoms with Gasteiger partial charge in [-0.05, 0) is 114 Å². The number of hydrogen-bond acceptors (Lipinski definition) is 2. The molecule has 0 aliphatic carbocycles. The predicted octanol–water partition coefficient (Wildman–Crippen LogP) is 10.8. The highest BCUT2D eigenvalue weighted by molar-refractivity contribution is 5.30. The molecule has 0 aromatic heterocycles. The Hall–Kier alpha value is -0.860. The van der Waals surface area contributed by atoms with Gasteiger partial charge in [0, 0.05) is 23.2 Å². The molecule has 0 bridgehead atoms. The molecule has 0 N–H and O–H groups in total. The van der Waals surface area contributed by atoms with Crippen LogP contribution in [-0.2, 0) is 0 Å². The minimum atomic E-state index is 0.265. The highest BCUT2D eigenvalue weighted by atomic mass is 15.2. The van der Waals surface area contributed by atoms with Crippen LogP contribution in [0.3, 0.4) is 0 Å². The molecule has 2 nitrogen and oxygen atoms in total. The summed E-state index contributed by atoms with van der Waals surface area (Å²) in [5.41, 5.74) is 3.70. The third-order valence-electron chi connectivity index (χ3n) is 10.8. The molecule has 2 heteroatoms. The molecule has 2 heterocycles. The molecular weight excluding hydrogens is 484 g/mol. The molecule has 40 heavy (non-hydrogen) atoms. The SMILES string of the molecule is CCCCCCN1C(C(C)C)CC(c2ccc(C3CC(C(C)C)N(CCCCCC)C(C)(C)C3)cc2)CC1(C)C. The molecule has 4 atom stereocenters. The van der Waals surface area contributed by atoms with Gasteiger partial charge in [0.05, 0.1) is 0 Å². The van der Waals surface area contributed by atoms with Crippen LogP contribution in [0.2, 0.25) is 0 Å². The zero-order valence-electron chi connectivity index (χ0n) is 28.6. The van der Waals surface area contributed by atoms with E-state index in [0.29, 0.717) is 35.8 Å². The van der Waals surface area contributed by atoms with E-state index < -0.39 is 0 Å². The third-order valence-corrected chi connectivity index (χ3v) is 10.8. The molecule has 0 radical (unpaired) electrons. The summed E-state index contributed by atoms with van der Waals surface area (Å²) in [6.07, 6.45) is 16.0. The molecule has 1 aromatic rings. The van der Waals surface area contributed by atoms with E-state index in [1.54, 1.807) is 11.1 Å². The second kappa shape index (κ2) is 15.0. The summed E-state index contributed by atoms with van der Waals surface area (Å²) in [5, 5.41) is 0. The van der Waals surface area contributed by atoms with Crippen LogP contribution >= 0.6 is 0 Å². The van der Waals surface area contributed by atoms with Crippen LogP contribution in [0.1, 0.15) is 169 Å². The summed E-state index contributed by atoms with van der Waals surface area (Å²) >= 11 is 0. The highest BCUT2D eigenvalue weighted by Crippen LogP contribution is 2.45. The Bertz CT molecular complexity index is 780. The number of benzene rings is 1. The van der Waals surface area contributed by atoms with Gasteiger partial charge in [-0.2, -0.15) is 0 Å². The predicted molar refractivity (Wildman–Crippen MR) is 177 cm³/mol. The maximum atomic E-state index is 2.89. The van der Waals surface area contributed by atoms with Crippen molar-refractivity contribution in [1.29, 1.82) is 0 Å². The van der Waals surface area contributed by atoms with Crippen LogP contribution in [-0.4, -0.2) is 46.1 Å². The zero-order chi connectivity index (χ0) is 29.5. The van der Waals surface area contributed by atoms with Gasteiger partial charge in [0.2, 0.25) is 0 Å². The Balaban J connectivity index is 1.71. The quantitative estimate of drug-likeness (QED) is 0.212. The topological polar surface area (TPSA) is 6.48 Å². The fourth-order valence-corrected chi connectivity index (χ4v) is 8.51. The molecule has 4 unspecified atom stereocenters. The van der Waals surface area contributed by atoms with E-state index in [0.717, 1.165) is 0 Å². The Morgan fingerprint density at radius 3 is 1.25 bits per heavy atom. The van der Waals surface area contributed by atoms with Crippen LogP contribution in [0.15, 0.2) is 24.3 Å². The lowest BCUT2D eigenvalue weighted by molar-refractivity contribution is -0.00887. The van der Waals surface area contributed by atoms with Crippen LogP contribution in [0.25, 0.3) is 0 Å². The maximum absolute atomic E-state index is 2.89. The van der Waals surface area contributed by atoms with Crippen LogP contribution in [0.5, 0.6) is 0 Å². The van der Waals surface area contributed by atoms with Crippen LogP contribution in [0, 0.1) is 11.8 Å². The van der Waals surface area contributed by atoms with Crippen molar-refractivity contribution >= 4 is 0 Å². The first-order valence-electron chi connectivity index (χ1n) is 17.5. The lowest BCUT2D eigenvalue weighted by Gasteiger charge is -2.53. The number of hydrogen-bond donors (Lipinski definition) is 0. The van der Waals surface area contributed by atoms with Gasteiger partial charge in [-0.3, -0.25) is 9.80 Å². The fraction of sp³-hybridized carbons (Fsp3) is 0.842. The molecule has 1 aromatic carbocycles. The summed E-state index contributed by atoms with van der Waals surface area (Å²) in [5.74, 6) is 2.76. The van der Waals surface area contributed by atoms with E-state index in [1.807, 2.05) is 0 Å². The molecule has 2 saturated heterocycles. The van der Waals surface area contributed by atoms with E-state index in [9.17, 15) is 0 Å². The Kier molecular flexibility index (Phi) is 12.7. The summed E-state index contributed by atoms with van der Waals surface area (Å²) in [7, 11) is 0. The lowest BCUT2D eigenvalue weighted by Crippen LogP contribution is -2.57. The number of nitrogens with zero attached hydrogens (tertiary/aromatic N) is 2. The summed E-state index contributed by atoms with van der Waals surface area (Å²) < 4.78 is 0. The second-order valence-corrected chi connectivity index (χ2v) is 15.7. The standard InChI is InChI=1S/C38H68N2/c1-11-13-15-17-23-39-35(29(3)4)25-33(27-37(39,7)8)31-19-21-32(22-20-31)34-26-36(30(5)6)40(38(9,10)28-34)24-18-16-14-12-2/h19-22,29-30,33-36H,11-18,23-28H2,1-10H3. The van der Waals surface area contributed by atoms with Crippen molar-refractivity contribution in [3.63, 3.8) is 0 Å². The van der Waals surface area contributed by atoms with Crippen molar-refractivity contribution in [3.8, 4) is 0 Å². The minimum Gasteiger partial charge on any atom is -0.295 e. The van der Waals surface area contributed by atoms with E-state index in [-0.39, 0.29) is 11.1 Å². The Morgan fingerprint density at radius 1 is 0.600 bits per heavy atom. The monoisotopic (exact) mass is 553 g/mol. The number of unbranched alkanes of at least 4 members (excludes halogenated alkanes) is 6. The van der Waals surface area contributed by atoms with Gasteiger partial charge in [-0.1, -0.05) is 104 Å². The van der Waals surface area contributed by atoms with Crippen molar-refractivity contribution in [3.05, 3.63) is 35.4 Å². The molecule has 0 amide bonds. The van der Waals surface area contributed by atoms with Crippen molar-refractivity contribution in [2.75, 3.05) is 13.1 Å². The molecule has 2 aliphatic rings. The van der Waals surface area contributed by atoms with Crippen LogP contribution < -0.4 is 0 Å². The molecule has 2 fully saturated rings. The first-order chi connectivity index (χ1) is 18.9. The maximum Gasteiger partial charge on any atom is 0.0162 e. The normalized spacial score (nSPS) is 27.5.